The van der Waals surface area contributed by atoms with Gasteiger partial charge in [-0.3, -0.25) is 0 Å². The van der Waals surface area contributed by atoms with Crippen molar-refractivity contribution in [2.45, 2.75) is 20.3 Å². The highest BCUT2D eigenvalue weighted by atomic mass is 32.1. The third-order valence-corrected chi connectivity index (χ3v) is 4.99. The van der Waals surface area contributed by atoms with Crippen LogP contribution in [0.4, 0.5) is 0 Å². The highest BCUT2D eigenvalue weighted by Crippen LogP contribution is 2.21. The molecule has 4 nitrogen and oxygen atoms in total. The van der Waals surface area contributed by atoms with Gasteiger partial charge in [-0.1, -0.05) is 26.0 Å². The summed E-state index contributed by atoms with van der Waals surface area (Å²) in [5, 5.41) is 19.5. The number of thiophene rings is 1. The quantitative estimate of drug-likeness (QED) is 0.543. The van der Waals surface area contributed by atoms with Gasteiger partial charge in [0.1, 0.15) is 0 Å². The fourth-order valence-electron chi connectivity index (χ4n) is 2.42. The lowest BCUT2D eigenvalue weighted by molar-refractivity contribution is 0.109. The van der Waals surface area contributed by atoms with Crippen LogP contribution in [-0.4, -0.2) is 54.9 Å². The van der Waals surface area contributed by atoms with Gasteiger partial charge in [0.25, 0.3) is 0 Å². The van der Waals surface area contributed by atoms with Crippen molar-refractivity contribution in [3.63, 3.8) is 0 Å². The Morgan fingerprint density at radius 1 is 1.14 bits per heavy atom. The largest absolute Gasteiger partial charge is 0.499 e. The van der Waals surface area contributed by atoms with Crippen molar-refractivity contribution in [2.75, 3.05) is 32.8 Å². The molecule has 0 aliphatic carbocycles. The molecule has 6 heteroatoms. The van der Waals surface area contributed by atoms with Crippen LogP contribution in [0.15, 0.2) is 24.3 Å². The van der Waals surface area contributed by atoms with E-state index in [0.717, 1.165) is 42.7 Å². The predicted molar refractivity (Wildman–Crippen MR) is 94.0 cm³/mol. The zero-order valence-electron chi connectivity index (χ0n) is 13.3. The number of benzene rings is 1. The second-order valence-corrected chi connectivity index (χ2v) is 6.40. The van der Waals surface area contributed by atoms with Gasteiger partial charge in [-0.25, -0.2) is 0 Å². The molecule has 2 aromatic rings. The van der Waals surface area contributed by atoms with E-state index in [1.807, 2.05) is 12.1 Å². The topological polar surface area (TPSA) is 52.9 Å². The minimum absolute atomic E-state index is 0.586. The molecule has 2 rings (SSSR count). The number of hydrogen-bond donors (Lipinski definition) is 2. The molecule has 0 unspecified atom stereocenters. The van der Waals surface area contributed by atoms with E-state index in [1.54, 1.807) is 0 Å². The van der Waals surface area contributed by atoms with Crippen LogP contribution in [0.3, 0.4) is 0 Å². The number of likely N-dealkylation sites (N-methyl/N-ethyl adjacent to an activating group) is 1. The van der Waals surface area contributed by atoms with Crippen molar-refractivity contribution in [1.82, 2.24) is 4.90 Å². The van der Waals surface area contributed by atoms with Gasteiger partial charge in [-0.2, -0.15) is 0 Å². The summed E-state index contributed by atoms with van der Waals surface area (Å²) in [6.07, 6.45) is 0.876. The number of hydrogen-bond acceptors (Lipinski definition) is 5. The van der Waals surface area contributed by atoms with Gasteiger partial charge in [0.15, 0.2) is 0 Å². The normalized spacial score (nSPS) is 11.5. The van der Waals surface area contributed by atoms with E-state index in [1.165, 1.54) is 16.9 Å². The Hall–Kier alpha value is -0.915. The average molecular weight is 321 g/mol. The molecule has 1 heterocycles. The summed E-state index contributed by atoms with van der Waals surface area (Å²) in [4.78, 5) is 2.35. The zero-order chi connectivity index (χ0) is 15.9. The van der Waals surface area contributed by atoms with E-state index in [4.69, 9.17) is 4.74 Å². The van der Waals surface area contributed by atoms with Gasteiger partial charge < -0.3 is 19.7 Å². The maximum atomic E-state index is 9.22. The highest BCUT2D eigenvalue weighted by molar-refractivity contribution is 7.27. The summed E-state index contributed by atoms with van der Waals surface area (Å²) >= 11 is 1.42. The summed E-state index contributed by atoms with van der Waals surface area (Å²) < 4.78 is 7.37. The Morgan fingerprint density at radius 2 is 1.91 bits per heavy atom. The Bertz CT molecular complexity index is 584. The highest BCUT2D eigenvalue weighted by Gasteiger charge is 2.14. The maximum Gasteiger partial charge on any atom is 0.499 e. The van der Waals surface area contributed by atoms with E-state index >= 15 is 0 Å². The minimum atomic E-state index is -1.38. The molecule has 1 aromatic heterocycles. The fourth-order valence-corrected chi connectivity index (χ4v) is 3.34. The Balaban J connectivity index is 1.82. The molecule has 22 heavy (non-hydrogen) atoms. The summed E-state index contributed by atoms with van der Waals surface area (Å²) in [6.45, 7) is 8.92. The molecule has 0 saturated carbocycles. The summed E-state index contributed by atoms with van der Waals surface area (Å²) in [5.74, 6) is 0. The van der Waals surface area contributed by atoms with Gasteiger partial charge in [0, 0.05) is 16.0 Å². The van der Waals surface area contributed by atoms with E-state index in [9.17, 15) is 10.0 Å². The van der Waals surface area contributed by atoms with Crippen LogP contribution in [0.25, 0.3) is 10.1 Å². The van der Waals surface area contributed by atoms with Crippen LogP contribution in [0.1, 0.15) is 19.4 Å². The van der Waals surface area contributed by atoms with Crippen molar-refractivity contribution in [3.8, 4) is 0 Å². The molecule has 0 saturated heterocycles. The van der Waals surface area contributed by atoms with Crippen molar-refractivity contribution < 1.29 is 14.8 Å². The molecule has 2 N–H and O–H groups in total. The van der Waals surface area contributed by atoms with Crippen LogP contribution in [0.2, 0.25) is 0 Å². The first-order valence-corrected chi connectivity index (χ1v) is 8.64. The number of rotatable bonds is 9. The minimum Gasteiger partial charge on any atom is -0.423 e. The smallest absolute Gasteiger partial charge is 0.423 e. The molecule has 0 atom stereocenters. The molecule has 1 aromatic carbocycles. The molecule has 0 bridgehead atoms. The van der Waals surface area contributed by atoms with Crippen molar-refractivity contribution >= 4 is 33.3 Å². The Labute approximate surface area is 136 Å². The summed E-state index contributed by atoms with van der Waals surface area (Å²) in [7, 11) is -1.38. The molecule has 0 radical (unpaired) electrons. The van der Waals surface area contributed by atoms with Crippen molar-refractivity contribution in [1.29, 1.82) is 0 Å². The van der Waals surface area contributed by atoms with E-state index in [2.05, 4.69) is 30.9 Å². The van der Waals surface area contributed by atoms with Crippen molar-refractivity contribution in [3.05, 3.63) is 29.8 Å². The van der Waals surface area contributed by atoms with Gasteiger partial charge >= 0.3 is 7.12 Å². The fraction of sp³-hybridized carbons (Fsp3) is 0.500. The number of nitrogens with zero attached hydrogens (tertiary/aromatic N) is 1. The molecule has 0 aliphatic rings. The van der Waals surface area contributed by atoms with Crippen molar-refractivity contribution in [2.24, 2.45) is 0 Å². The second-order valence-electron chi connectivity index (χ2n) is 5.28. The zero-order valence-corrected chi connectivity index (χ0v) is 14.1. The maximum absolute atomic E-state index is 9.22. The molecule has 0 fully saturated rings. The predicted octanol–water partition coefficient (Wildman–Crippen LogP) is 1.48. The van der Waals surface area contributed by atoms with E-state index < -0.39 is 7.12 Å². The molecule has 0 spiro atoms. The lowest BCUT2D eigenvalue weighted by atomic mass is 9.89. The number of ether oxygens (including phenoxy) is 1. The van der Waals surface area contributed by atoms with Crippen LogP contribution < -0.4 is 4.78 Å². The average Bonchev–Trinajstić information content (AvgIpc) is 2.94. The first kappa shape index (κ1) is 17.4. The second kappa shape index (κ2) is 8.65. The summed E-state index contributed by atoms with van der Waals surface area (Å²) in [5.41, 5.74) is 1.21. The van der Waals surface area contributed by atoms with Crippen LogP contribution in [-0.2, 0) is 11.2 Å². The summed E-state index contributed by atoms with van der Waals surface area (Å²) in [6, 6.07) is 8.07. The Morgan fingerprint density at radius 3 is 2.59 bits per heavy atom. The van der Waals surface area contributed by atoms with Gasteiger partial charge in [-0.15, -0.1) is 11.3 Å². The first-order valence-electron chi connectivity index (χ1n) is 7.82. The number of fused-ring (bicyclic) bond motifs is 1. The lowest BCUT2D eigenvalue weighted by Crippen LogP contribution is -2.27. The van der Waals surface area contributed by atoms with Crippen LogP contribution in [0.5, 0.6) is 0 Å². The SMILES string of the molecule is CCN(CC)CCOCCc1ccc2sc(B(O)O)cc2c1. The molecular weight excluding hydrogens is 297 g/mol. The lowest BCUT2D eigenvalue weighted by Gasteiger charge is -2.17. The van der Waals surface area contributed by atoms with E-state index in [-0.39, 0.29) is 0 Å². The molecule has 120 valence electrons. The van der Waals surface area contributed by atoms with Crippen LogP contribution in [0, 0.1) is 0 Å². The molecule has 0 amide bonds. The van der Waals surface area contributed by atoms with Crippen LogP contribution >= 0.6 is 11.3 Å². The van der Waals surface area contributed by atoms with E-state index in [0.29, 0.717) is 11.4 Å². The van der Waals surface area contributed by atoms with Gasteiger partial charge in [0.2, 0.25) is 0 Å². The third-order valence-electron chi connectivity index (χ3n) is 3.84. The third kappa shape index (κ3) is 4.79. The molecular formula is C16H24BNO3S. The van der Waals surface area contributed by atoms with Gasteiger partial charge in [0.05, 0.1) is 13.2 Å². The standard InChI is InChI=1S/C16H24BNO3S/c1-3-18(4-2)8-10-21-9-7-13-5-6-15-14(11-13)12-16(22-15)17(19)20/h5-6,11-12,19-20H,3-4,7-10H2,1-2H3. The first-order chi connectivity index (χ1) is 10.6. The Kier molecular flexibility index (Phi) is 6.86. The monoisotopic (exact) mass is 321 g/mol. The van der Waals surface area contributed by atoms with Gasteiger partial charge in [-0.05, 0) is 42.6 Å². The molecule has 0 aliphatic heterocycles.